The zero-order valence-electron chi connectivity index (χ0n) is 15.8. The van der Waals surface area contributed by atoms with Crippen LogP contribution >= 0.6 is 23.2 Å². The molecule has 30 heavy (non-hydrogen) atoms. The Morgan fingerprint density at radius 3 is 2.30 bits per heavy atom. The minimum Gasteiger partial charge on any atom is -0.507 e. The molecule has 1 atom stereocenters. The van der Waals surface area contributed by atoms with Crippen molar-refractivity contribution in [2.75, 3.05) is 4.90 Å². The van der Waals surface area contributed by atoms with E-state index >= 15 is 0 Å². The fourth-order valence-electron chi connectivity index (χ4n) is 3.60. The van der Waals surface area contributed by atoms with E-state index in [0.717, 1.165) is 5.56 Å². The summed E-state index contributed by atoms with van der Waals surface area (Å²) in [6.07, 6.45) is 3.01. The van der Waals surface area contributed by atoms with E-state index in [-0.39, 0.29) is 11.3 Å². The number of Topliss-reactive ketones (excluding diaryl/α,β-unsaturated/α-hetero) is 1. The fourth-order valence-corrected chi connectivity index (χ4v) is 4.11. The molecule has 4 rings (SSSR count). The molecule has 2 aromatic carbocycles. The molecule has 150 valence electrons. The van der Waals surface area contributed by atoms with Crippen molar-refractivity contribution in [3.05, 3.63) is 99.3 Å². The van der Waals surface area contributed by atoms with Crippen molar-refractivity contribution in [1.82, 2.24) is 4.98 Å². The number of benzene rings is 2. The van der Waals surface area contributed by atoms with E-state index in [9.17, 15) is 14.7 Å². The third kappa shape index (κ3) is 3.58. The van der Waals surface area contributed by atoms with Crippen molar-refractivity contribution >= 4 is 46.3 Å². The molecule has 1 aliphatic heterocycles. The maximum atomic E-state index is 13.1. The molecule has 3 aromatic rings. The van der Waals surface area contributed by atoms with Crippen LogP contribution in [-0.2, 0) is 9.59 Å². The van der Waals surface area contributed by atoms with Gasteiger partial charge < -0.3 is 5.11 Å². The van der Waals surface area contributed by atoms with E-state index in [4.69, 9.17) is 23.2 Å². The van der Waals surface area contributed by atoms with Crippen molar-refractivity contribution < 1.29 is 14.7 Å². The maximum absolute atomic E-state index is 13.1. The Hall–Kier alpha value is -3.15. The van der Waals surface area contributed by atoms with Crippen LogP contribution in [0.2, 0.25) is 10.0 Å². The molecule has 1 saturated heterocycles. The average Bonchev–Trinajstić information content (AvgIpc) is 2.98. The van der Waals surface area contributed by atoms with Crippen LogP contribution < -0.4 is 4.90 Å². The van der Waals surface area contributed by atoms with Gasteiger partial charge in [-0.2, -0.15) is 0 Å². The third-order valence-corrected chi connectivity index (χ3v) is 5.32. The highest BCUT2D eigenvalue weighted by molar-refractivity contribution is 6.52. The predicted octanol–water partition coefficient (Wildman–Crippen LogP) is 5.32. The molecule has 0 bridgehead atoms. The van der Waals surface area contributed by atoms with Crippen molar-refractivity contribution in [3.8, 4) is 0 Å². The van der Waals surface area contributed by atoms with Gasteiger partial charge in [-0.05, 0) is 42.8 Å². The van der Waals surface area contributed by atoms with Gasteiger partial charge in [0.15, 0.2) is 0 Å². The topological polar surface area (TPSA) is 70.5 Å². The monoisotopic (exact) mass is 438 g/mol. The van der Waals surface area contributed by atoms with Gasteiger partial charge in [-0.3, -0.25) is 19.5 Å². The van der Waals surface area contributed by atoms with Crippen LogP contribution in [0.25, 0.3) is 5.76 Å². The smallest absolute Gasteiger partial charge is 0.300 e. The number of ketones is 1. The van der Waals surface area contributed by atoms with Gasteiger partial charge in [0.1, 0.15) is 5.76 Å². The molecule has 1 aliphatic rings. The number of anilines is 1. The van der Waals surface area contributed by atoms with E-state index < -0.39 is 17.7 Å². The van der Waals surface area contributed by atoms with Gasteiger partial charge in [0.25, 0.3) is 11.7 Å². The molecule has 1 aromatic heterocycles. The fraction of sp³-hybridized carbons (Fsp3) is 0.0870. The Balaban J connectivity index is 1.98. The molecule has 1 amide bonds. The second-order valence-electron chi connectivity index (χ2n) is 6.95. The van der Waals surface area contributed by atoms with Crippen molar-refractivity contribution in [3.63, 3.8) is 0 Å². The van der Waals surface area contributed by atoms with Crippen LogP contribution in [-0.4, -0.2) is 21.8 Å². The first kappa shape index (κ1) is 20.1. The summed E-state index contributed by atoms with van der Waals surface area (Å²) in [5, 5.41) is 11.6. The molecule has 0 aliphatic carbocycles. The van der Waals surface area contributed by atoms with Gasteiger partial charge in [0.05, 0.1) is 11.6 Å². The first-order valence-electron chi connectivity index (χ1n) is 9.11. The molecular weight excluding hydrogens is 423 g/mol. The van der Waals surface area contributed by atoms with Gasteiger partial charge in [0, 0.05) is 33.7 Å². The first-order valence-corrected chi connectivity index (χ1v) is 9.86. The largest absolute Gasteiger partial charge is 0.507 e. The number of carbonyl (C=O) groups is 2. The Labute approximate surface area is 183 Å². The Morgan fingerprint density at radius 2 is 1.67 bits per heavy atom. The van der Waals surface area contributed by atoms with E-state index in [1.54, 1.807) is 30.3 Å². The Morgan fingerprint density at radius 1 is 1.00 bits per heavy atom. The lowest BCUT2D eigenvalue weighted by molar-refractivity contribution is -0.132. The molecular formula is C23H16Cl2N2O3. The molecule has 7 heteroatoms. The molecule has 5 nitrogen and oxygen atoms in total. The molecule has 2 heterocycles. The van der Waals surface area contributed by atoms with Crippen molar-refractivity contribution in [1.29, 1.82) is 0 Å². The van der Waals surface area contributed by atoms with Crippen LogP contribution in [0.5, 0.6) is 0 Å². The van der Waals surface area contributed by atoms with Crippen molar-refractivity contribution in [2.24, 2.45) is 0 Å². The number of hydrogen-bond acceptors (Lipinski definition) is 4. The molecule has 0 radical (unpaired) electrons. The van der Waals surface area contributed by atoms with Gasteiger partial charge in [0.2, 0.25) is 0 Å². The van der Waals surface area contributed by atoms with E-state index in [1.807, 2.05) is 31.2 Å². The molecule has 0 saturated carbocycles. The van der Waals surface area contributed by atoms with Crippen LogP contribution in [0.15, 0.2) is 72.6 Å². The van der Waals surface area contributed by atoms with Gasteiger partial charge in [-0.15, -0.1) is 0 Å². The van der Waals surface area contributed by atoms with Crippen LogP contribution in [0.4, 0.5) is 5.69 Å². The number of aliphatic hydroxyl groups excluding tert-OH is 1. The SMILES string of the molecule is Cc1cccc(C2/C(=C(\O)c3ccncc3)C(=O)C(=O)N2c2cc(Cl)cc(Cl)c2)c1. The Bertz CT molecular complexity index is 1170. The lowest BCUT2D eigenvalue weighted by atomic mass is 9.94. The number of pyridine rings is 1. The summed E-state index contributed by atoms with van der Waals surface area (Å²) < 4.78 is 0. The van der Waals surface area contributed by atoms with Crippen LogP contribution in [0, 0.1) is 6.92 Å². The molecule has 0 spiro atoms. The summed E-state index contributed by atoms with van der Waals surface area (Å²) in [7, 11) is 0. The summed E-state index contributed by atoms with van der Waals surface area (Å²) >= 11 is 12.3. The van der Waals surface area contributed by atoms with Crippen molar-refractivity contribution in [2.45, 2.75) is 13.0 Å². The number of aliphatic hydroxyl groups is 1. The summed E-state index contributed by atoms with van der Waals surface area (Å²) in [6, 6.07) is 14.4. The number of nitrogens with zero attached hydrogens (tertiary/aromatic N) is 2. The van der Waals surface area contributed by atoms with E-state index in [0.29, 0.717) is 26.9 Å². The number of aryl methyl sites for hydroxylation is 1. The summed E-state index contributed by atoms with van der Waals surface area (Å²) in [4.78, 5) is 31.4. The lowest BCUT2D eigenvalue weighted by Crippen LogP contribution is -2.29. The zero-order valence-corrected chi connectivity index (χ0v) is 17.4. The summed E-state index contributed by atoms with van der Waals surface area (Å²) in [5.41, 5.74) is 2.39. The van der Waals surface area contributed by atoms with E-state index in [1.165, 1.54) is 17.3 Å². The average molecular weight is 439 g/mol. The maximum Gasteiger partial charge on any atom is 0.300 e. The number of carbonyl (C=O) groups excluding carboxylic acids is 2. The standard InChI is InChI=1S/C23H16Cl2N2O3/c1-13-3-2-4-15(9-13)20-19(21(28)14-5-7-26-8-6-14)22(29)23(30)27(20)18-11-16(24)10-17(25)12-18/h2-12,20,28H,1H3/b21-19+. The summed E-state index contributed by atoms with van der Waals surface area (Å²) in [5.74, 6) is -1.82. The Kier molecular flexibility index (Phi) is 5.33. The highest BCUT2D eigenvalue weighted by Crippen LogP contribution is 2.43. The quantitative estimate of drug-likeness (QED) is 0.341. The number of rotatable bonds is 3. The second kappa shape index (κ2) is 7.94. The van der Waals surface area contributed by atoms with Gasteiger partial charge in [-0.25, -0.2) is 0 Å². The normalized spacial score (nSPS) is 18.1. The van der Waals surface area contributed by atoms with Crippen LogP contribution in [0.1, 0.15) is 22.7 Å². The number of halogens is 2. The highest BCUT2D eigenvalue weighted by Gasteiger charge is 2.47. The highest BCUT2D eigenvalue weighted by atomic mass is 35.5. The third-order valence-electron chi connectivity index (χ3n) is 4.88. The minimum absolute atomic E-state index is 0.00658. The van der Waals surface area contributed by atoms with Gasteiger partial charge in [-0.1, -0.05) is 53.0 Å². The second-order valence-corrected chi connectivity index (χ2v) is 7.82. The zero-order chi connectivity index (χ0) is 21.4. The molecule has 1 fully saturated rings. The first-order chi connectivity index (χ1) is 14.4. The number of aromatic nitrogens is 1. The lowest BCUT2D eigenvalue weighted by Gasteiger charge is -2.26. The number of hydrogen-bond donors (Lipinski definition) is 1. The van der Waals surface area contributed by atoms with Gasteiger partial charge >= 0.3 is 0 Å². The summed E-state index contributed by atoms with van der Waals surface area (Å²) in [6.45, 7) is 1.91. The van der Waals surface area contributed by atoms with Crippen LogP contribution in [0.3, 0.4) is 0 Å². The molecule has 1 unspecified atom stereocenters. The number of amides is 1. The minimum atomic E-state index is -0.840. The predicted molar refractivity (Wildman–Crippen MR) is 117 cm³/mol. The molecule has 1 N–H and O–H groups in total. The van der Waals surface area contributed by atoms with E-state index in [2.05, 4.69) is 4.98 Å².